The maximum Gasteiger partial charge on any atom is 0.407 e. The first kappa shape index (κ1) is 23.3. The van der Waals surface area contributed by atoms with Crippen molar-refractivity contribution in [3.63, 3.8) is 0 Å². The molecule has 1 atom stereocenters. The van der Waals surface area contributed by atoms with E-state index in [0.717, 1.165) is 18.9 Å². The summed E-state index contributed by atoms with van der Waals surface area (Å²) in [5, 5.41) is 9.02. The largest absolute Gasteiger partial charge is 0.497 e. The van der Waals surface area contributed by atoms with E-state index in [4.69, 9.17) is 9.47 Å². The lowest BCUT2D eigenvalue weighted by atomic mass is 10.2. The van der Waals surface area contributed by atoms with E-state index in [-0.39, 0.29) is 11.9 Å². The zero-order valence-electron chi connectivity index (χ0n) is 18.4. The summed E-state index contributed by atoms with van der Waals surface area (Å²) < 4.78 is 10.5. The predicted molar refractivity (Wildman–Crippen MR) is 116 cm³/mol. The van der Waals surface area contributed by atoms with Crippen molar-refractivity contribution in [1.29, 1.82) is 0 Å². The highest BCUT2D eigenvalue weighted by molar-refractivity contribution is 5.94. The van der Waals surface area contributed by atoms with Crippen LogP contribution in [-0.2, 0) is 4.74 Å². The molecular weight excluding hydrogens is 386 g/mol. The maximum absolute atomic E-state index is 12.2. The lowest BCUT2D eigenvalue weighted by molar-refractivity contribution is 0.0507. The molecule has 3 N–H and O–H groups in total. The molecular formula is C21H33N5O4. The second-order valence-electron chi connectivity index (χ2n) is 8.04. The van der Waals surface area contributed by atoms with E-state index in [1.54, 1.807) is 38.4 Å². The molecule has 1 aromatic rings. The van der Waals surface area contributed by atoms with Gasteiger partial charge in [-0.05, 0) is 45.4 Å². The van der Waals surface area contributed by atoms with E-state index in [2.05, 4.69) is 25.8 Å². The minimum atomic E-state index is -0.519. The summed E-state index contributed by atoms with van der Waals surface area (Å²) in [5.41, 5.74) is 0.0317. The van der Waals surface area contributed by atoms with Gasteiger partial charge in [0.15, 0.2) is 5.96 Å². The van der Waals surface area contributed by atoms with Crippen LogP contribution in [0.5, 0.6) is 5.75 Å². The van der Waals surface area contributed by atoms with Crippen LogP contribution in [0.2, 0.25) is 0 Å². The fourth-order valence-corrected chi connectivity index (χ4v) is 3.09. The molecule has 2 amide bonds. The number of hydrogen-bond acceptors (Lipinski definition) is 5. The van der Waals surface area contributed by atoms with Gasteiger partial charge < -0.3 is 30.3 Å². The first-order chi connectivity index (χ1) is 14.2. The van der Waals surface area contributed by atoms with Crippen LogP contribution in [0.25, 0.3) is 0 Å². The monoisotopic (exact) mass is 419 g/mol. The summed E-state index contributed by atoms with van der Waals surface area (Å²) >= 11 is 0. The Morgan fingerprint density at radius 2 is 1.97 bits per heavy atom. The van der Waals surface area contributed by atoms with E-state index in [0.29, 0.717) is 30.9 Å². The quantitative estimate of drug-likeness (QED) is 0.368. The summed E-state index contributed by atoms with van der Waals surface area (Å²) in [6, 6.07) is 7.02. The van der Waals surface area contributed by atoms with Crippen LogP contribution in [-0.4, -0.2) is 74.8 Å². The first-order valence-electron chi connectivity index (χ1n) is 10.1. The Morgan fingerprint density at radius 3 is 2.63 bits per heavy atom. The van der Waals surface area contributed by atoms with E-state index < -0.39 is 11.7 Å². The standard InChI is InChI=1S/C21H33N5O4/c1-21(2,3)30-20(28)25-16-9-12-26(14-16)19(22-4)24-11-10-23-18(27)15-7-6-8-17(13-15)29-5/h6-8,13,16H,9-12,14H2,1-5H3,(H,22,24)(H,23,27)(H,25,28). The van der Waals surface area contributed by atoms with Crippen molar-refractivity contribution in [2.45, 2.75) is 38.8 Å². The third kappa shape index (κ3) is 7.46. The Kier molecular flexibility index (Phi) is 8.32. The number of nitrogens with zero attached hydrogens (tertiary/aromatic N) is 2. The Balaban J connectivity index is 1.73. The van der Waals surface area contributed by atoms with Crippen LogP contribution in [0.1, 0.15) is 37.6 Å². The van der Waals surface area contributed by atoms with Crippen molar-refractivity contribution >= 4 is 18.0 Å². The Labute approximate surface area is 178 Å². The molecule has 0 aromatic heterocycles. The minimum Gasteiger partial charge on any atom is -0.497 e. The molecule has 2 rings (SSSR count). The molecule has 0 radical (unpaired) electrons. The highest BCUT2D eigenvalue weighted by atomic mass is 16.6. The van der Waals surface area contributed by atoms with Crippen molar-refractivity contribution in [1.82, 2.24) is 20.9 Å². The number of benzene rings is 1. The normalized spacial score (nSPS) is 16.8. The molecule has 0 bridgehead atoms. The third-order valence-electron chi connectivity index (χ3n) is 4.45. The van der Waals surface area contributed by atoms with Gasteiger partial charge in [-0.25, -0.2) is 4.79 Å². The van der Waals surface area contributed by atoms with Crippen LogP contribution in [0.3, 0.4) is 0 Å². The molecule has 1 heterocycles. The average molecular weight is 420 g/mol. The number of carbonyl (C=O) groups excluding carboxylic acids is 2. The molecule has 1 aliphatic heterocycles. The molecule has 30 heavy (non-hydrogen) atoms. The van der Waals surface area contributed by atoms with Gasteiger partial charge in [-0.2, -0.15) is 0 Å². The number of aliphatic imine (C=N–C) groups is 1. The maximum atomic E-state index is 12.2. The predicted octanol–water partition coefficient (Wildman–Crippen LogP) is 1.60. The van der Waals surface area contributed by atoms with Crippen molar-refractivity contribution in [2.75, 3.05) is 40.3 Å². The number of alkyl carbamates (subject to hydrolysis) is 1. The van der Waals surface area contributed by atoms with Gasteiger partial charge in [-0.1, -0.05) is 6.07 Å². The number of methoxy groups -OCH3 is 1. The Morgan fingerprint density at radius 1 is 1.23 bits per heavy atom. The lowest BCUT2D eigenvalue weighted by Gasteiger charge is -2.23. The van der Waals surface area contributed by atoms with Crippen molar-refractivity contribution in [3.8, 4) is 5.75 Å². The van der Waals surface area contributed by atoms with Gasteiger partial charge in [-0.15, -0.1) is 0 Å². The van der Waals surface area contributed by atoms with E-state index >= 15 is 0 Å². The summed E-state index contributed by atoms with van der Waals surface area (Å²) in [4.78, 5) is 30.6. The second kappa shape index (κ2) is 10.7. The molecule has 9 nitrogen and oxygen atoms in total. The van der Waals surface area contributed by atoms with Gasteiger partial charge in [0.05, 0.1) is 13.2 Å². The Bertz CT molecular complexity index is 760. The van der Waals surface area contributed by atoms with Gasteiger partial charge in [0.1, 0.15) is 11.4 Å². The lowest BCUT2D eigenvalue weighted by Crippen LogP contribution is -2.45. The average Bonchev–Trinajstić information content (AvgIpc) is 3.14. The van der Waals surface area contributed by atoms with Gasteiger partial charge in [0.2, 0.25) is 0 Å². The van der Waals surface area contributed by atoms with Crippen LogP contribution in [0.15, 0.2) is 29.3 Å². The topological polar surface area (TPSA) is 104 Å². The van der Waals surface area contributed by atoms with Crippen LogP contribution in [0.4, 0.5) is 4.79 Å². The van der Waals surface area contributed by atoms with Crippen LogP contribution in [0, 0.1) is 0 Å². The first-order valence-corrected chi connectivity index (χ1v) is 10.1. The second-order valence-corrected chi connectivity index (χ2v) is 8.04. The zero-order valence-corrected chi connectivity index (χ0v) is 18.4. The van der Waals surface area contributed by atoms with E-state index in [1.165, 1.54) is 0 Å². The van der Waals surface area contributed by atoms with Crippen LogP contribution < -0.4 is 20.7 Å². The SMILES string of the molecule is CN=C(NCCNC(=O)c1cccc(OC)c1)N1CCC(NC(=O)OC(C)(C)C)C1. The smallest absolute Gasteiger partial charge is 0.407 e. The zero-order chi connectivity index (χ0) is 22.1. The number of rotatable bonds is 6. The molecule has 1 saturated heterocycles. The molecule has 166 valence electrons. The van der Waals surface area contributed by atoms with Crippen molar-refractivity contribution in [3.05, 3.63) is 29.8 Å². The Hall–Kier alpha value is -2.97. The van der Waals surface area contributed by atoms with Crippen molar-refractivity contribution < 1.29 is 19.1 Å². The summed E-state index contributed by atoms with van der Waals surface area (Å²) in [6.07, 6.45) is 0.407. The number of amides is 2. The molecule has 9 heteroatoms. The highest BCUT2D eigenvalue weighted by Gasteiger charge is 2.27. The molecule has 0 saturated carbocycles. The van der Waals surface area contributed by atoms with Gasteiger partial charge in [-0.3, -0.25) is 9.79 Å². The molecule has 1 fully saturated rings. The molecule has 1 unspecified atom stereocenters. The summed E-state index contributed by atoms with van der Waals surface area (Å²) in [5.74, 6) is 1.22. The molecule has 0 aliphatic carbocycles. The fourth-order valence-electron chi connectivity index (χ4n) is 3.09. The number of ether oxygens (including phenoxy) is 2. The molecule has 1 aromatic carbocycles. The molecule has 0 spiro atoms. The number of carbonyl (C=O) groups is 2. The van der Waals surface area contributed by atoms with Crippen molar-refractivity contribution in [2.24, 2.45) is 4.99 Å². The number of likely N-dealkylation sites (tertiary alicyclic amines) is 1. The minimum absolute atomic E-state index is 0.00571. The van der Waals surface area contributed by atoms with Gasteiger partial charge in [0, 0.05) is 38.8 Å². The summed E-state index contributed by atoms with van der Waals surface area (Å²) in [7, 11) is 3.28. The molecule has 1 aliphatic rings. The highest BCUT2D eigenvalue weighted by Crippen LogP contribution is 2.13. The summed E-state index contributed by atoms with van der Waals surface area (Å²) in [6.45, 7) is 7.92. The fraction of sp³-hybridized carbons (Fsp3) is 0.571. The van der Waals surface area contributed by atoms with Gasteiger partial charge in [0.25, 0.3) is 5.91 Å². The number of guanidine groups is 1. The number of nitrogens with one attached hydrogen (secondary N) is 3. The van der Waals surface area contributed by atoms with E-state index in [9.17, 15) is 9.59 Å². The number of hydrogen-bond donors (Lipinski definition) is 3. The van der Waals surface area contributed by atoms with Crippen LogP contribution >= 0.6 is 0 Å². The van der Waals surface area contributed by atoms with Gasteiger partial charge >= 0.3 is 6.09 Å². The third-order valence-corrected chi connectivity index (χ3v) is 4.45. The van der Waals surface area contributed by atoms with E-state index in [1.807, 2.05) is 20.8 Å².